The van der Waals surface area contributed by atoms with E-state index in [0.717, 1.165) is 18.5 Å². The number of Topliss-reactive ketones (excluding diaryl/α,β-unsaturated/α-hetero) is 1. The highest BCUT2D eigenvalue weighted by molar-refractivity contribution is 5.94. The zero-order valence-corrected chi connectivity index (χ0v) is 14.2. The minimum absolute atomic E-state index is 0.0190. The van der Waals surface area contributed by atoms with Crippen molar-refractivity contribution in [2.45, 2.75) is 33.6 Å². The van der Waals surface area contributed by atoms with Crippen LogP contribution in [0.2, 0.25) is 0 Å². The van der Waals surface area contributed by atoms with Gasteiger partial charge >= 0.3 is 0 Å². The molecule has 2 N–H and O–H groups in total. The van der Waals surface area contributed by atoms with Crippen LogP contribution in [-0.2, 0) is 0 Å². The van der Waals surface area contributed by atoms with Gasteiger partial charge in [-0.2, -0.15) is 0 Å². The Kier molecular flexibility index (Phi) is 6.01. The summed E-state index contributed by atoms with van der Waals surface area (Å²) in [5.74, 6) is 0.870. The average molecular weight is 326 g/mol. The fourth-order valence-electron chi connectivity index (χ4n) is 2.15. The van der Waals surface area contributed by atoms with Gasteiger partial charge in [0, 0.05) is 23.9 Å². The van der Waals surface area contributed by atoms with Crippen molar-refractivity contribution >= 4 is 23.2 Å². The van der Waals surface area contributed by atoms with Crippen LogP contribution < -0.4 is 10.6 Å². The molecular formula is C18H22N4O2. The quantitative estimate of drug-likeness (QED) is 0.602. The molecule has 0 atom stereocenters. The average Bonchev–Trinajstić information content (AvgIpc) is 2.55. The van der Waals surface area contributed by atoms with Crippen LogP contribution in [0.5, 0.6) is 0 Å². The van der Waals surface area contributed by atoms with Crippen LogP contribution >= 0.6 is 0 Å². The Balaban J connectivity index is 2.12. The number of rotatable bonds is 7. The first-order valence-corrected chi connectivity index (χ1v) is 8.01. The Hall–Kier alpha value is -2.76. The highest BCUT2D eigenvalue weighted by Gasteiger charge is 2.10. The standard InChI is InChI=1S/C18H22N4O2/c1-4-5-10-19-18(24)16-11-17(21-13(3)20-16)22-15-8-6-14(7-9-15)12(2)23/h6-9,11H,4-5,10H2,1-3H3,(H,19,24)(H,20,21,22). The van der Waals surface area contributed by atoms with Crippen LogP contribution in [0.1, 0.15) is 53.4 Å². The number of aryl methyl sites for hydroxylation is 1. The Morgan fingerprint density at radius 3 is 2.46 bits per heavy atom. The maximum atomic E-state index is 12.1. The molecule has 1 aromatic carbocycles. The van der Waals surface area contributed by atoms with E-state index in [2.05, 4.69) is 27.5 Å². The van der Waals surface area contributed by atoms with Gasteiger partial charge < -0.3 is 10.6 Å². The molecule has 0 spiro atoms. The van der Waals surface area contributed by atoms with Crippen molar-refractivity contribution in [3.8, 4) is 0 Å². The Labute approximate surface area is 141 Å². The maximum Gasteiger partial charge on any atom is 0.270 e. The summed E-state index contributed by atoms with van der Waals surface area (Å²) in [7, 11) is 0. The number of amides is 1. The van der Waals surface area contributed by atoms with E-state index in [1.54, 1.807) is 37.3 Å². The third kappa shape index (κ3) is 4.87. The summed E-state index contributed by atoms with van der Waals surface area (Å²) in [5, 5.41) is 5.97. The van der Waals surface area contributed by atoms with Crippen molar-refractivity contribution < 1.29 is 9.59 Å². The lowest BCUT2D eigenvalue weighted by atomic mass is 10.1. The third-order valence-corrected chi connectivity index (χ3v) is 3.45. The van der Waals surface area contributed by atoms with Crippen molar-refractivity contribution in [1.29, 1.82) is 0 Å². The molecule has 0 saturated carbocycles. The number of carbonyl (C=O) groups is 2. The predicted octanol–water partition coefficient (Wildman–Crippen LogP) is 3.26. The minimum atomic E-state index is -0.205. The number of aromatic nitrogens is 2. The van der Waals surface area contributed by atoms with Crippen molar-refractivity contribution in [1.82, 2.24) is 15.3 Å². The molecule has 0 radical (unpaired) electrons. The van der Waals surface area contributed by atoms with Gasteiger partial charge in [-0.15, -0.1) is 0 Å². The van der Waals surface area contributed by atoms with Gasteiger partial charge in [-0.1, -0.05) is 13.3 Å². The van der Waals surface area contributed by atoms with Crippen LogP contribution in [0.3, 0.4) is 0 Å². The minimum Gasteiger partial charge on any atom is -0.351 e. The van der Waals surface area contributed by atoms with E-state index in [0.29, 0.717) is 29.4 Å². The van der Waals surface area contributed by atoms with Crippen molar-refractivity contribution in [2.75, 3.05) is 11.9 Å². The molecule has 0 unspecified atom stereocenters. The van der Waals surface area contributed by atoms with Crippen molar-refractivity contribution in [3.63, 3.8) is 0 Å². The first-order valence-electron chi connectivity index (χ1n) is 8.01. The summed E-state index contributed by atoms with van der Waals surface area (Å²) < 4.78 is 0. The number of hydrogen-bond acceptors (Lipinski definition) is 5. The normalized spacial score (nSPS) is 10.3. The predicted molar refractivity (Wildman–Crippen MR) is 93.7 cm³/mol. The molecule has 6 heteroatoms. The Morgan fingerprint density at radius 2 is 1.83 bits per heavy atom. The summed E-state index contributed by atoms with van der Waals surface area (Å²) in [5.41, 5.74) is 1.77. The van der Waals surface area contributed by atoms with E-state index in [4.69, 9.17) is 0 Å². The number of nitrogens with one attached hydrogen (secondary N) is 2. The van der Waals surface area contributed by atoms with Crippen LogP contribution in [0.25, 0.3) is 0 Å². The molecule has 0 fully saturated rings. The molecule has 0 bridgehead atoms. The van der Waals surface area contributed by atoms with E-state index in [9.17, 15) is 9.59 Å². The second-order valence-electron chi connectivity index (χ2n) is 5.55. The highest BCUT2D eigenvalue weighted by Crippen LogP contribution is 2.16. The van der Waals surface area contributed by atoms with Gasteiger partial charge in [-0.3, -0.25) is 9.59 Å². The topological polar surface area (TPSA) is 84.0 Å². The number of anilines is 2. The summed E-state index contributed by atoms with van der Waals surface area (Å²) in [6.45, 7) is 5.97. The zero-order valence-electron chi connectivity index (χ0n) is 14.2. The van der Waals surface area contributed by atoms with Gasteiger partial charge in [0.15, 0.2) is 5.78 Å². The summed E-state index contributed by atoms with van der Waals surface area (Å²) in [6.07, 6.45) is 1.95. The van der Waals surface area contributed by atoms with Gasteiger partial charge in [-0.05, 0) is 44.5 Å². The second kappa shape index (κ2) is 8.19. The Morgan fingerprint density at radius 1 is 1.12 bits per heavy atom. The SMILES string of the molecule is CCCCNC(=O)c1cc(Nc2ccc(C(C)=O)cc2)nc(C)n1. The third-order valence-electron chi connectivity index (χ3n) is 3.45. The maximum absolute atomic E-state index is 12.1. The molecule has 0 saturated heterocycles. The molecule has 1 aromatic heterocycles. The number of ketones is 1. The van der Waals surface area contributed by atoms with E-state index < -0.39 is 0 Å². The first kappa shape index (κ1) is 17.6. The molecule has 2 aromatic rings. The molecule has 0 aliphatic heterocycles. The van der Waals surface area contributed by atoms with Crippen LogP contribution in [0.15, 0.2) is 30.3 Å². The molecule has 0 aliphatic carbocycles. The molecule has 126 valence electrons. The van der Waals surface area contributed by atoms with E-state index in [-0.39, 0.29) is 11.7 Å². The molecule has 6 nitrogen and oxygen atoms in total. The van der Waals surface area contributed by atoms with Gasteiger partial charge in [-0.25, -0.2) is 9.97 Å². The largest absolute Gasteiger partial charge is 0.351 e. The molecule has 2 rings (SSSR count). The lowest BCUT2D eigenvalue weighted by molar-refractivity contribution is 0.0947. The van der Waals surface area contributed by atoms with E-state index in [1.807, 2.05) is 0 Å². The summed E-state index contributed by atoms with van der Waals surface area (Å²) >= 11 is 0. The second-order valence-corrected chi connectivity index (χ2v) is 5.55. The fraction of sp³-hybridized carbons (Fsp3) is 0.333. The van der Waals surface area contributed by atoms with Crippen LogP contribution in [-0.4, -0.2) is 28.2 Å². The molecule has 1 heterocycles. The lowest BCUT2D eigenvalue weighted by Gasteiger charge is -2.09. The zero-order chi connectivity index (χ0) is 17.5. The molecule has 24 heavy (non-hydrogen) atoms. The van der Waals surface area contributed by atoms with Crippen LogP contribution in [0, 0.1) is 6.92 Å². The monoisotopic (exact) mass is 326 g/mol. The van der Waals surface area contributed by atoms with E-state index in [1.165, 1.54) is 6.92 Å². The van der Waals surface area contributed by atoms with Gasteiger partial charge in [0.1, 0.15) is 17.3 Å². The number of nitrogens with zero attached hydrogens (tertiary/aromatic N) is 2. The number of unbranched alkanes of at least 4 members (excludes halogenated alkanes) is 1. The first-order chi connectivity index (χ1) is 11.5. The lowest BCUT2D eigenvalue weighted by Crippen LogP contribution is -2.25. The van der Waals surface area contributed by atoms with Gasteiger partial charge in [0.05, 0.1) is 0 Å². The Bertz CT molecular complexity index is 726. The number of carbonyl (C=O) groups excluding carboxylic acids is 2. The van der Waals surface area contributed by atoms with Gasteiger partial charge in [0.2, 0.25) is 0 Å². The van der Waals surface area contributed by atoms with Crippen molar-refractivity contribution in [2.24, 2.45) is 0 Å². The smallest absolute Gasteiger partial charge is 0.270 e. The van der Waals surface area contributed by atoms with Crippen LogP contribution in [0.4, 0.5) is 11.5 Å². The highest BCUT2D eigenvalue weighted by atomic mass is 16.1. The summed E-state index contributed by atoms with van der Waals surface area (Å²) in [4.78, 5) is 31.9. The molecule has 1 amide bonds. The molecular weight excluding hydrogens is 304 g/mol. The number of hydrogen-bond donors (Lipinski definition) is 2. The van der Waals surface area contributed by atoms with Gasteiger partial charge in [0.25, 0.3) is 5.91 Å². The van der Waals surface area contributed by atoms with Crippen molar-refractivity contribution in [3.05, 3.63) is 47.4 Å². The number of benzene rings is 1. The molecule has 0 aliphatic rings. The fourth-order valence-corrected chi connectivity index (χ4v) is 2.15. The summed E-state index contributed by atoms with van der Waals surface area (Å²) in [6, 6.07) is 8.71. The van der Waals surface area contributed by atoms with E-state index >= 15 is 0 Å².